The molecule has 0 spiro atoms. The van der Waals surface area contributed by atoms with Crippen molar-refractivity contribution in [3.63, 3.8) is 0 Å². The molecule has 1 N–H and O–H groups in total. The average molecular weight is 248 g/mol. The second-order valence-corrected chi connectivity index (χ2v) is 3.48. The van der Waals surface area contributed by atoms with E-state index in [4.69, 9.17) is 5.53 Å². The second-order valence-electron chi connectivity index (χ2n) is 3.48. The summed E-state index contributed by atoms with van der Waals surface area (Å²) in [6, 6.07) is 5.83. The summed E-state index contributed by atoms with van der Waals surface area (Å²) in [4.78, 5) is 13.9. The van der Waals surface area contributed by atoms with Crippen LogP contribution in [0.3, 0.4) is 0 Å². The lowest BCUT2D eigenvalue weighted by molar-refractivity contribution is -0.116. The third kappa shape index (κ3) is 5.67. The Balaban J connectivity index is 2.31. The summed E-state index contributed by atoms with van der Waals surface area (Å²) < 4.78 is 12.6. The van der Waals surface area contributed by atoms with E-state index in [2.05, 4.69) is 15.3 Å². The molecule has 94 valence electrons. The Morgan fingerprint density at radius 1 is 1.44 bits per heavy atom. The molecule has 0 saturated heterocycles. The van der Waals surface area contributed by atoms with Crippen molar-refractivity contribution >= 4 is 12.0 Å². The van der Waals surface area contributed by atoms with E-state index in [1.807, 2.05) is 0 Å². The Kier molecular flexibility index (Phi) is 6.00. The fourth-order valence-electron chi connectivity index (χ4n) is 1.21. The fourth-order valence-corrected chi connectivity index (χ4v) is 1.21. The van der Waals surface area contributed by atoms with Crippen LogP contribution in [0.5, 0.6) is 0 Å². The van der Waals surface area contributed by atoms with Gasteiger partial charge in [-0.3, -0.25) is 4.79 Å². The molecule has 0 aromatic heterocycles. The lowest BCUT2D eigenvalue weighted by Crippen LogP contribution is -2.22. The summed E-state index contributed by atoms with van der Waals surface area (Å²) in [5.74, 6) is -0.546. The first-order chi connectivity index (χ1) is 8.72. The average Bonchev–Trinajstić information content (AvgIpc) is 2.38. The Bertz CT molecular complexity index is 463. The van der Waals surface area contributed by atoms with E-state index in [1.165, 1.54) is 18.2 Å². The van der Waals surface area contributed by atoms with E-state index in [1.54, 1.807) is 18.2 Å². The van der Waals surface area contributed by atoms with Gasteiger partial charge in [-0.05, 0) is 35.7 Å². The normalized spacial score (nSPS) is 10.1. The van der Waals surface area contributed by atoms with Crippen molar-refractivity contribution in [1.82, 2.24) is 5.32 Å². The minimum Gasteiger partial charge on any atom is -0.353 e. The topological polar surface area (TPSA) is 77.9 Å². The first kappa shape index (κ1) is 13.7. The molecule has 0 atom stereocenters. The van der Waals surface area contributed by atoms with E-state index in [9.17, 15) is 9.18 Å². The summed E-state index contributed by atoms with van der Waals surface area (Å²) in [6.45, 7) is 0.810. The van der Waals surface area contributed by atoms with Crippen molar-refractivity contribution in [3.05, 3.63) is 52.2 Å². The van der Waals surface area contributed by atoms with Gasteiger partial charge in [0.05, 0.1) is 0 Å². The zero-order valence-corrected chi connectivity index (χ0v) is 9.71. The van der Waals surface area contributed by atoms with Crippen LogP contribution in [0.25, 0.3) is 16.5 Å². The van der Waals surface area contributed by atoms with Crippen LogP contribution >= 0.6 is 0 Å². The maximum absolute atomic E-state index is 12.6. The van der Waals surface area contributed by atoms with Crippen molar-refractivity contribution in [2.45, 2.75) is 6.42 Å². The molecule has 0 unspecified atom stereocenters. The lowest BCUT2D eigenvalue weighted by atomic mass is 10.2. The summed E-state index contributed by atoms with van der Waals surface area (Å²) in [5, 5.41) is 5.99. The molecule has 0 aliphatic carbocycles. The van der Waals surface area contributed by atoms with Crippen molar-refractivity contribution in [2.24, 2.45) is 5.11 Å². The molecule has 18 heavy (non-hydrogen) atoms. The van der Waals surface area contributed by atoms with Gasteiger partial charge in [-0.15, -0.1) is 0 Å². The number of amides is 1. The van der Waals surface area contributed by atoms with Gasteiger partial charge < -0.3 is 5.32 Å². The number of carbonyl (C=O) groups excluding carboxylic acids is 1. The molecule has 1 amide bonds. The largest absolute Gasteiger partial charge is 0.353 e. The van der Waals surface area contributed by atoms with Crippen molar-refractivity contribution in [2.75, 3.05) is 13.1 Å². The highest BCUT2D eigenvalue weighted by atomic mass is 19.1. The molecule has 0 heterocycles. The van der Waals surface area contributed by atoms with Crippen LogP contribution in [-0.2, 0) is 4.79 Å². The Morgan fingerprint density at radius 2 is 2.17 bits per heavy atom. The number of nitrogens with one attached hydrogen (secondary N) is 1. The minimum atomic E-state index is -0.311. The fraction of sp³-hybridized carbons (Fsp3) is 0.250. The van der Waals surface area contributed by atoms with Gasteiger partial charge in [-0.25, -0.2) is 4.39 Å². The Labute approximate surface area is 104 Å². The number of rotatable bonds is 6. The molecular formula is C12H13FN4O. The third-order valence-corrected chi connectivity index (χ3v) is 2.09. The number of benzene rings is 1. The predicted molar refractivity (Wildman–Crippen MR) is 67.1 cm³/mol. The van der Waals surface area contributed by atoms with E-state index in [-0.39, 0.29) is 11.7 Å². The van der Waals surface area contributed by atoms with E-state index < -0.39 is 0 Å². The van der Waals surface area contributed by atoms with Crippen molar-refractivity contribution in [1.29, 1.82) is 0 Å². The molecular weight excluding hydrogens is 235 g/mol. The summed E-state index contributed by atoms with van der Waals surface area (Å²) in [7, 11) is 0. The van der Waals surface area contributed by atoms with E-state index in [0.717, 1.165) is 5.56 Å². The summed E-state index contributed by atoms with van der Waals surface area (Å²) in [6.07, 6.45) is 3.57. The maximum atomic E-state index is 12.6. The van der Waals surface area contributed by atoms with Gasteiger partial charge in [-0.1, -0.05) is 17.2 Å². The monoisotopic (exact) mass is 248 g/mol. The smallest absolute Gasteiger partial charge is 0.243 e. The van der Waals surface area contributed by atoms with Crippen LogP contribution in [0.1, 0.15) is 12.0 Å². The molecule has 0 radical (unpaired) electrons. The van der Waals surface area contributed by atoms with Gasteiger partial charge in [0.1, 0.15) is 5.82 Å². The van der Waals surface area contributed by atoms with Gasteiger partial charge >= 0.3 is 0 Å². The first-order valence-electron chi connectivity index (χ1n) is 5.44. The first-order valence-corrected chi connectivity index (χ1v) is 5.44. The van der Waals surface area contributed by atoms with Gasteiger partial charge in [0.2, 0.25) is 5.91 Å². The predicted octanol–water partition coefficient (Wildman–Crippen LogP) is 2.66. The molecule has 1 rings (SSSR count). The van der Waals surface area contributed by atoms with Crippen LogP contribution in [0, 0.1) is 5.82 Å². The van der Waals surface area contributed by atoms with E-state index in [0.29, 0.717) is 19.5 Å². The lowest BCUT2D eigenvalue weighted by Gasteiger charge is -1.99. The third-order valence-electron chi connectivity index (χ3n) is 2.09. The van der Waals surface area contributed by atoms with Crippen LogP contribution in [0.2, 0.25) is 0 Å². The number of halogens is 1. The summed E-state index contributed by atoms with van der Waals surface area (Å²) >= 11 is 0. The molecule has 5 nitrogen and oxygen atoms in total. The molecule has 0 aliphatic heterocycles. The Morgan fingerprint density at radius 3 is 2.83 bits per heavy atom. The highest BCUT2D eigenvalue weighted by molar-refractivity contribution is 5.91. The highest BCUT2D eigenvalue weighted by Crippen LogP contribution is 2.04. The highest BCUT2D eigenvalue weighted by Gasteiger charge is 1.94. The number of hydrogen-bond acceptors (Lipinski definition) is 2. The van der Waals surface area contributed by atoms with E-state index >= 15 is 0 Å². The van der Waals surface area contributed by atoms with Crippen LogP contribution in [-0.4, -0.2) is 19.0 Å². The zero-order chi connectivity index (χ0) is 13.2. The van der Waals surface area contributed by atoms with Crippen LogP contribution in [0.15, 0.2) is 35.5 Å². The van der Waals surface area contributed by atoms with Crippen LogP contribution in [0.4, 0.5) is 4.39 Å². The number of azide groups is 1. The molecule has 1 aromatic rings. The number of nitrogens with zero attached hydrogens (tertiary/aromatic N) is 3. The van der Waals surface area contributed by atoms with Crippen molar-refractivity contribution in [3.8, 4) is 0 Å². The van der Waals surface area contributed by atoms with Crippen molar-refractivity contribution < 1.29 is 9.18 Å². The molecule has 6 heteroatoms. The Hall–Kier alpha value is -2.33. The van der Waals surface area contributed by atoms with Gasteiger partial charge in [0.25, 0.3) is 0 Å². The standard InChI is InChI=1S/C12H13FN4O/c13-11-5-2-10(3-6-11)4-7-12(18)15-8-1-9-16-17-14/h2-7H,1,8-9H2,(H,15,18)/b7-4+. The quantitative estimate of drug-likeness (QED) is 0.271. The number of hydrogen-bond donors (Lipinski definition) is 1. The van der Waals surface area contributed by atoms with Gasteiger partial charge in [0, 0.05) is 24.1 Å². The number of carbonyl (C=O) groups is 1. The molecule has 0 fully saturated rings. The second kappa shape index (κ2) is 7.86. The zero-order valence-electron chi connectivity index (χ0n) is 9.71. The molecule has 0 bridgehead atoms. The SMILES string of the molecule is [N-]=[N+]=NCCCNC(=O)/C=C/c1ccc(F)cc1. The van der Waals surface area contributed by atoms with Crippen LogP contribution < -0.4 is 5.32 Å². The molecule has 1 aromatic carbocycles. The molecule has 0 saturated carbocycles. The maximum Gasteiger partial charge on any atom is 0.243 e. The molecule has 0 aliphatic rings. The minimum absolute atomic E-state index is 0.236. The van der Waals surface area contributed by atoms with Gasteiger partial charge in [-0.2, -0.15) is 0 Å². The van der Waals surface area contributed by atoms with Gasteiger partial charge in [0.15, 0.2) is 0 Å². The summed E-state index contributed by atoms with van der Waals surface area (Å²) in [5.41, 5.74) is 8.79.